The van der Waals surface area contributed by atoms with Gasteiger partial charge in [0.05, 0.1) is 0 Å². The predicted octanol–water partition coefficient (Wildman–Crippen LogP) is 4.48. The summed E-state index contributed by atoms with van der Waals surface area (Å²) < 4.78 is 0. The van der Waals surface area contributed by atoms with Crippen LogP contribution in [0.25, 0.3) is 0 Å². The Morgan fingerprint density at radius 3 is 1.82 bits per heavy atom. The van der Waals surface area contributed by atoms with E-state index in [2.05, 4.69) is 26.8 Å². The van der Waals surface area contributed by atoms with Crippen molar-refractivity contribution < 1.29 is 9.59 Å². The molecule has 0 aliphatic rings. The Morgan fingerprint density at radius 2 is 1.47 bits per heavy atom. The zero-order valence-electron chi connectivity index (χ0n) is 11.7. The molecule has 0 saturated heterocycles. The largest absolute Gasteiger partial charge is 0.303 e. The van der Waals surface area contributed by atoms with Crippen molar-refractivity contribution >= 4 is 12.6 Å². The minimum atomic E-state index is 0.733. The zero-order chi connectivity index (χ0) is 13.4. The highest BCUT2D eigenvalue weighted by Crippen LogP contribution is 2.05. The standard InChI is InChI=1S/C10H18O.C5H10O/c1-3-5-6-8-10(9-11)7-4-2;1-2-3-4-5-6/h8-9H,3-7H2,1-2H3;5H,2-4H2,1H3/b10-8+;. The normalized spacial score (nSPS) is 10.4. The van der Waals surface area contributed by atoms with E-state index in [1.165, 1.54) is 12.8 Å². The van der Waals surface area contributed by atoms with Crippen LogP contribution in [0.3, 0.4) is 0 Å². The molecule has 0 amide bonds. The van der Waals surface area contributed by atoms with Crippen LogP contribution in [0.5, 0.6) is 0 Å². The number of hydrogen-bond acceptors (Lipinski definition) is 2. The van der Waals surface area contributed by atoms with Crippen molar-refractivity contribution in [2.45, 2.75) is 72.1 Å². The van der Waals surface area contributed by atoms with Crippen molar-refractivity contribution in [3.63, 3.8) is 0 Å². The summed E-state index contributed by atoms with van der Waals surface area (Å²) in [5, 5.41) is 0. The van der Waals surface area contributed by atoms with Crippen LogP contribution < -0.4 is 0 Å². The van der Waals surface area contributed by atoms with Crippen molar-refractivity contribution in [2.24, 2.45) is 0 Å². The molecule has 0 fully saturated rings. The lowest BCUT2D eigenvalue weighted by Gasteiger charge is -1.95. The fraction of sp³-hybridized carbons (Fsp3) is 0.733. The highest BCUT2D eigenvalue weighted by atomic mass is 16.1. The smallest absolute Gasteiger partial charge is 0.145 e. The van der Waals surface area contributed by atoms with Gasteiger partial charge < -0.3 is 4.79 Å². The van der Waals surface area contributed by atoms with Crippen LogP contribution in [0.1, 0.15) is 72.1 Å². The zero-order valence-corrected chi connectivity index (χ0v) is 11.7. The molecule has 0 aromatic heterocycles. The van der Waals surface area contributed by atoms with Gasteiger partial charge in [-0.3, -0.25) is 4.79 Å². The second-order valence-corrected chi connectivity index (χ2v) is 4.10. The van der Waals surface area contributed by atoms with E-state index in [-0.39, 0.29) is 0 Å². The Bertz CT molecular complexity index is 195. The maximum atomic E-state index is 10.4. The molecular formula is C15H28O2. The number of rotatable bonds is 9. The van der Waals surface area contributed by atoms with E-state index < -0.39 is 0 Å². The molecule has 0 N–H and O–H groups in total. The van der Waals surface area contributed by atoms with Gasteiger partial charge in [-0.15, -0.1) is 0 Å². The highest BCUT2D eigenvalue weighted by Gasteiger charge is 1.91. The first-order valence-electron chi connectivity index (χ1n) is 6.84. The Labute approximate surface area is 106 Å². The van der Waals surface area contributed by atoms with Crippen LogP contribution in [0.2, 0.25) is 0 Å². The number of carbonyl (C=O) groups excluding carboxylic acids is 2. The molecule has 2 nitrogen and oxygen atoms in total. The second-order valence-electron chi connectivity index (χ2n) is 4.10. The van der Waals surface area contributed by atoms with Gasteiger partial charge in [0.1, 0.15) is 12.6 Å². The van der Waals surface area contributed by atoms with Crippen LogP contribution in [-0.2, 0) is 9.59 Å². The molecule has 0 heterocycles. The van der Waals surface area contributed by atoms with Gasteiger partial charge in [-0.1, -0.05) is 52.5 Å². The summed E-state index contributed by atoms with van der Waals surface area (Å²) in [6, 6.07) is 0. The lowest BCUT2D eigenvalue weighted by Crippen LogP contribution is -1.83. The summed E-state index contributed by atoms with van der Waals surface area (Å²) in [5.74, 6) is 0. The first-order valence-corrected chi connectivity index (χ1v) is 6.84. The van der Waals surface area contributed by atoms with Crippen LogP contribution in [0.4, 0.5) is 0 Å². The van der Waals surface area contributed by atoms with Crippen molar-refractivity contribution in [3.05, 3.63) is 11.6 Å². The minimum absolute atomic E-state index is 0.733. The Morgan fingerprint density at radius 1 is 0.882 bits per heavy atom. The van der Waals surface area contributed by atoms with Crippen molar-refractivity contribution in [2.75, 3.05) is 0 Å². The SMILES string of the molecule is CCCC/C=C(/C=O)CCC.CCCCC=O. The van der Waals surface area contributed by atoms with Crippen LogP contribution in [0.15, 0.2) is 11.6 Å². The molecule has 0 rings (SSSR count). The fourth-order valence-electron chi connectivity index (χ4n) is 1.28. The lowest BCUT2D eigenvalue weighted by atomic mass is 10.1. The highest BCUT2D eigenvalue weighted by molar-refractivity contribution is 5.72. The molecule has 0 aliphatic heterocycles. The van der Waals surface area contributed by atoms with E-state index in [9.17, 15) is 9.59 Å². The number of unbranched alkanes of at least 4 members (excludes halogenated alkanes) is 4. The van der Waals surface area contributed by atoms with E-state index >= 15 is 0 Å². The van der Waals surface area contributed by atoms with Crippen molar-refractivity contribution in [1.29, 1.82) is 0 Å². The molecule has 2 heteroatoms. The third kappa shape index (κ3) is 17.7. The molecule has 0 aromatic carbocycles. The fourth-order valence-corrected chi connectivity index (χ4v) is 1.28. The van der Waals surface area contributed by atoms with Crippen LogP contribution in [0, 0.1) is 0 Å². The summed E-state index contributed by atoms with van der Waals surface area (Å²) >= 11 is 0. The summed E-state index contributed by atoms with van der Waals surface area (Å²) in [6.45, 7) is 6.33. The number of aldehydes is 2. The Kier molecular flexibility index (Phi) is 19.0. The summed E-state index contributed by atoms with van der Waals surface area (Å²) in [6.07, 6.45) is 12.4. The van der Waals surface area contributed by atoms with Crippen molar-refractivity contribution in [3.8, 4) is 0 Å². The first-order chi connectivity index (χ1) is 8.26. The van der Waals surface area contributed by atoms with Gasteiger partial charge in [-0.2, -0.15) is 0 Å². The Hall–Kier alpha value is -0.920. The minimum Gasteiger partial charge on any atom is -0.303 e. The number of carbonyl (C=O) groups is 2. The summed E-state index contributed by atoms with van der Waals surface area (Å²) in [7, 11) is 0. The molecular weight excluding hydrogens is 212 g/mol. The van der Waals surface area contributed by atoms with Gasteiger partial charge in [-0.05, 0) is 24.8 Å². The van der Waals surface area contributed by atoms with E-state index in [1.54, 1.807) is 0 Å². The average Bonchev–Trinajstić information content (AvgIpc) is 2.36. The van der Waals surface area contributed by atoms with Gasteiger partial charge in [0.15, 0.2) is 0 Å². The molecule has 0 atom stereocenters. The molecule has 0 unspecified atom stereocenters. The second kappa shape index (κ2) is 17.5. The van der Waals surface area contributed by atoms with Crippen LogP contribution in [-0.4, -0.2) is 12.6 Å². The molecule has 0 aromatic rings. The molecule has 0 spiro atoms. The van der Waals surface area contributed by atoms with Gasteiger partial charge in [0.25, 0.3) is 0 Å². The molecule has 0 radical (unpaired) electrons. The number of allylic oxidation sites excluding steroid dienone is 2. The third-order valence-corrected chi connectivity index (χ3v) is 2.33. The monoisotopic (exact) mass is 240 g/mol. The molecule has 0 saturated carbocycles. The van der Waals surface area contributed by atoms with Crippen molar-refractivity contribution in [1.82, 2.24) is 0 Å². The van der Waals surface area contributed by atoms with E-state index in [1.807, 2.05) is 0 Å². The van der Waals surface area contributed by atoms with Gasteiger partial charge in [-0.25, -0.2) is 0 Å². The third-order valence-electron chi connectivity index (χ3n) is 2.33. The quantitative estimate of drug-likeness (QED) is 0.338. The van der Waals surface area contributed by atoms with E-state index in [0.29, 0.717) is 0 Å². The average molecular weight is 240 g/mol. The van der Waals surface area contributed by atoms with Gasteiger partial charge >= 0.3 is 0 Å². The van der Waals surface area contributed by atoms with Gasteiger partial charge in [0, 0.05) is 6.42 Å². The Balaban J connectivity index is 0. The maximum Gasteiger partial charge on any atom is 0.145 e. The van der Waals surface area contributed by atoms with E-state index in [4.69, 9.17) is 0 Å². The summed E-state index contributed by atoms with van der Waals surface area (Å²) in [5.41, 5.74) is 0.973. The van der Waals surface area contributed by atoms with Crippen LogP contribution >= 0.6 is 0 Å². The topological polar surface area (TPSA) is 34.1 Å². The predicted molar refractivity (Wildman–Crippen MR) is 74.2 cm³/mol. The first kappa shape index (κ1) is 18.4. The van der Waals surface area contributed by atoms with Gasteiger partial charge in [0.2, 0.25) is 0 Å². The molecule has 0 aliphatic carbocycles. The number of hydrogen-bond donors (Lipinski definition) is 0. The maximum absolute atomic E-state index is 10.4. The van der Waals surface area contributed by atoms with E-state index in [0.717, 1.165) is 56.7 Å². The molecule has 100 valence electrons. The molecule has 0 bridgehead atoms. The lowest BCUT2D eigenvalue weighted by molar-refractivity contribution is -0.108. The summed E-state index contributed by atoms with van der Waals surface area (Å²) in [4.78, 5) is 20.0. The molecule has 17 heavy (non-hydrogen) atoms.